The van der Waals surface area contributed by atoms with Crippen molar-refractivity contribution in [1.29, 1.82) is 0 Å². The molecule has 0 fully saturated rings. The van der Waals surface area contributed by atoms with Crippen LogP contribution in [-0.4, -0.2) is 52.5 Å². The first-order chi connectivity index (χ1) is 19.2. The van der Waals surface area contributed by atoms with Gasteiger partial charge in [0.2, 0.25) is 0 Å². The van der Waals surface area contributed by atoms with Crippen LogP contribution in [0.2, 0.25) is 36.3 Å². The van der Waals surface area contributed by atoms with Gasteiger partial charge in [-0.15, -0.1) is 0 Å². The SMILES string of the molecule is CC[Si](CC)(CC)OC1CC(=O)OC(C(C)=O)C/C=C(\C)C/C=C/[C@H](C)[C@H](O[Si](C)(C)C(C)(C)C)[C@@H](C)C(=O)C1(C)C. The Hall–Kier alpha value is -1.36. The molecule has 42 heavy (non-hydrogen) atoms. The number of hydrogen-bond donors (Lipinski definition) is 0. The fourth-order valence-corrected chi connectivity index (χ4v) is 9.88. The highest BCUT2D eigenvalue weighted by Gasteiger charge is 2.49. The Morgan fingerprint density at radius 1 is 1.05 bits per heavy atom. The Kier molecular flexibility index (Phi) is 14.3. The molecule has 0 N–H and O–H groups in total. The second-order valence-corrected chi connectivity index (χ2v) is 24.1. The molecule has 0 radical (unpaired) electrons. The maximum Gasteiger partial charge on any atom is 0.309 e. The van der Waals surface area contributed by atoms with E-state index in [0.29, 0.717) is 12.8 Å². The van der Waals surface area contributed by atoms with Gasteiger partial charge in [0, 0.05) is 17.8 Å². The van der Waals surface area contributed by atoms with Crippen LogP contribution in [0.25, 0.3) is 0 Å². The van der Waals surface area contributed by atoms with Crippen LogP contribution in [0.1, 0.15) is 102 Å². The zero-order valence-corrected chi connectivity index (χ0v) is 31.3. The van der Waals surface area contributed by atoms with E-state index in [4.69, 9.17) is 13.6 Å². The van der Waals surface area contributed by atoms with Crippen molar-refractivity contribution in [2.24, 2.45) is 17.3 Å². The highest BCUT2D eigenvalue weighted by molar-refractivity contribution is 6.74. The van der Waals surface area contributed by atoms with Crippen LogP contribution in [0, 0.1) is 17.3 Å². The second-order valence-electron chi connectivity index (χ2n) is 14.6. The van der Waals surface area contributed by atoms with Crippen LogP contribution < -0.4 is 0 Å². The van der Waals surface area contributed by atoms with E-state index in [1.165, 1.54) is 6.92 Å². The fraction of sp³-hybridized carbons (Fsp3) is 0.794. The van der Waals surface area contributed by atoms with Crippen molar-refractivity contribution in [1.82, 2.24) is 0 Å². The zero-order valence-electron chi connectivity index (χ0n) is 29.3. The number of Topliss-reactive ketones (excluding diaryl/α,β-unsaturated/α-hetero) is 2. The number of esters is 1. The lowest BCUT2D eigenvalue weighted by molar-refractivity contribution is -0.158. The van der Waals surface area contributed by atoms with Gasteiger partial charge in [-0.2, -0.15) is 0 Å². The minimum atomic E-state index is -2.22. The summed E-state index contributed by atoms with van der Waals surface area (Å²) in [6, 6.07) is 2.68. The lowest BCUT2D eigenvalue weighted by Gasteiger charge is -2.45. The van der Waals surface area contributed by atoms with Crippen molar-refractivity contribution in [2.75, 3.05) is 0 Å². The van der Waals surface area contributed by atoms with E-state index < -0.39 is 46.1 Å². The summed E-state index contributed by atoms with van der Waals surface area (Å²) in [6.07, 6.45) is 5.40. The van der Waals surface area contributed by atoms with E-state index in [2.05, 4.69) is 73.7 Å². The number of rotatable bonds is 8. The van der Waals surface area contributed by atoms with Crippen molar-refractivity contribution in [2.45, 2.75) is 157 Å². The lowest BCUT2D eigenvalue weighted by atomic mass is 9.73. The summed E-state index contributed by atoms with van der Waals surface area (Å²) in [5.74, 6) is -1.09. The van der Waals surface area contributed by atoms with Crippen LogP contribution in [0.4, 0.5) is 0 Å². The summed E-state index contributed by atoms with van der Waals surface area (Å²) in [5.41, 5.74) is 0.110. The molecule has 1 heterocycles. The van der Waals surface area contributed by atoms with Gasteiger partial charge in [-0.3, -0.25) is 14.4 Å². The molecule has 0 aromatic rings. The number of allylic oxidation sites excluding steroid dienone is 2. The minimum Gasteiger partial charge on any atom is -0.454 e. The summed E-state index contributed by atoms with van der Waals surface area (Å²) in [6.45, 7) is 28.9. The van der Waals surface area contributed by atoms with Crippen LogP contribution >= 0.6 is 0 Å². The fourth-order valence-electron chi connectivity index (χ4n) is 5.45. The van der Waals surface area contributed by atoms with Crippen molar-refractivity contribution >= 4 is 34.2 Å². The quantitative estimate of drug-likeness (QED) is 0.153. The molecule has 5 atom stereocenters. The number of ether oxygens (including phenoxy) is 1. The van der Waals surface area contributed by atoms with Crippen molar-refractivity contribution in [3.8, 4) is 0 Å². The average Bonchev–Trinajstić information content (AvgIpc) is 2.89. The van der Waals surface area contributed by atoms with E-state index in [-0.39, 0.29) is 35.0 Å². The molecule has 6 nitrogen and oxygen atoms in total. The number of ketones is 2. The molecule has 2 unspecified atom stereocenters. The van der Waals surface area contributed by atoms with Gasteiger partial charge < -0.3 is 13.6 Å². The number of hydrogen-bond acceptors (Lipinski definition) is 6. The highest BCUT2D eigenvalue weighted by Crippen LogP contribution is 2.42. The topological polar surface area (TPSA) is 78.9 Å². The third kappa shape index (κ3) is 10.1. The van der Waals surface area contributed by atoms with Gasteiger partial charge in [0.1, 0.15) is 5.78 Å². The predicted molar refractivity (Wildman–Crippen MR) is 179 cm³/mol. The molecule has 1 rings (SSSR count). The minimum absolute atomic E-state index is 0.000673. The van der Waals surface area contributed by atoms with Gasteiger partial charge >= 0.3 is 5.97 Å². The molecule has 0 amide bonds. The lowest BCUT2D eigenvalue weighted by Crippen LogP contribution is -2.53. The summed E-state index contributed by atoms with van der Waals surface area (Å²) in [5, 5.41) is -0.0134. The van der Waals surface area contributed by atoms with Crippen molar-refractivity contribution < 1.29 is 28.0 Å². The normalized spacial score (nSPS) is 29.4. The summed E-state index contributed by atoms with van der Waals surface area (Å²) in [7, 11) is -4.43. The number of cyclic esters (lactones) is 1. The number of carbonyl (C=O) groups is 3. The Balaban J connectivity index is 3.77. The Morgan fingerprint density at radius 3 is 2.07 bits per heavy atom. The van der Waals surface area contributed by atoms with Gasteiger partial charge in [-0.1, -0.05) is 93.0 Å². The molecule has 8 heteroatoms. The highest BCUT2D eigenvalue weighted by atomic mass is 28.4. The molecule has 242 valence electrons. The van der Waals surface area contributed by atoms with E-state index >= 15 is 0 Å². The van der Waals surface area contributed by atoms with Crippen molar-refractivity contribution in [3.05, 3.63) is 23.8 Å². The van der Waals surface area contributed by atoms with Crippen LogP contribution in [0.15, 0.2) is 23.8 Å². The van der Waals surface area contributed by atoms with E-state index in [0.717, 1.165) is 23.7 Å². The first-order valence-corrected chi connectivity index (χ1v) is 21.5. The third-order valence-corrected chi connectivity index (χ3v) is 19.2. The van der Waals surface area contributed by atoms with Gasteiger partial charge in [-0.25, -0.2) is 0 Å². The Labute approximate surface area is 259 Å². The van der Waals surface area contributed by atoms with E-state index in [1.54, 1.807) is 0 Å². The molecular formula is C34H62O6Si2. The molecule has 0 aliphatic carbocycles. The molecule has 1 aliphatic heterocycles. The summed E-state index contributed by atoms with van der Waals surface area (Å²) < 4.78 is 19.7. The monoisotopic (exact) mass is 622 g/mol. The maximum absolute atomic E-state index is 14.6. The van der Waals surface area contributed by atoms with Crippen LogP contribution in [0.3, 0.4) is 0 Å². The number of carbonyl (C=O) groups excluding carboxylic acids is 3. The smallest absolute Gasteiger partial charge is 0.309 e. The molecule has 1 aliphatic rings. The second kappa shape index (κ2) is 15.6. The van der Waals surface area contributed by atoms with Gasteiger partial charge in [0.15, 0.2) is 28.5 Å². The maximum atomic E-state index is 14.6. The summed E-state index contributed by atoms with van der Waals surface area (Å²) in [4.78, 5) is 40.4. The summed E-state index contributed by atoms with van der Waals surface area (Å²) >= 11 is 0. The molecular weight excluding hydrogens is 561 g/mol. The molecule has 0 aromatic carbocycles. The van der Waals surface area contributed by atoms with Crippen LogP contribution in [-0.2, 0) is 28.0 Å². The Bertz CT molecular complexity index is 978. The predicted octanol–water partition coefficient (Wildman–Crippen LogP) is 8.82. The van der Waals surface area contributed by atoms with E-state index in [9.17, 15) is 14.4 Å². The van der Waals surface area contributed by atoms with Crippen LogP contribution in [0.5, 0.6) is 0 Å². The molecule has 0 bridgehead atoms. The third-order valence-electron chi connectivity index (χ3n) is 10.1. The van der Waals surface area contributed by atoms with Gasteiger partial charge in [0.25, 0.3) is 0 Å². The molecule has 0 saturated carbocycles. The van der Waals surface area contributed by atoms with E-state index in [1.807, 2.05) is 33.8 Å². The largest absolute Gasteiger partial charge is 0.454 e. The first kappa shape index (κ1) is 38.7. The van der Waals surface area contributed by atoms with Crippen molar-refractivity contribution in [3.63, 3.8) is 0 Å². The zero-order chi connectivity index (χ0) is 32.7. The molecule has 0 aromatic heterocycles. The molecule has 0 saturated heterocycles. The first-order valence-electron chi connectivity index (χ1n) is 16.1. The van der Waals surface area contributed by atoms with Gasteiger partial charge in [-0.05, 0) is 62.5 Å². The van der Waals surface area contributed by atoms with Gasteiger partial charge in [0.05, 0.1) is 18.6 Å². The average molecular weight is 623 g/mol. The Morgan fingerprint density at radius 2 is 1.60 bits per heavy atom. The standard InChI is InChI=1S/C34H62O6Si2/c1-15-42(16-2,17-3)39-29-23-30(36)38-28(27(7)35)22-21-24(4)19-18-20-25(5)31(26(6)32(37)34(29,11)12)40-41(13,14)33(8,9)10/h18,20-21,25-26,28-29,31H,15-17,19,22-23H2,1-14H3/b20-18+,24-21+/t25-,26+,28?,29?,31-/m0/s1. The molecule has 0 spiro atoms.